The van der Waals surface area contributed by atoms with E-state index in [-0.39, 0.29) is 0 Å². The zero-order chi connectivity index (χ0) is 9.97. The second-order valence-electron chi connectivity index (χ2n) is 2.68. The van der Waals surface area contributed by atoms with Crippen molar-refractivity contribution in [2.24, 2.45) is 0 Å². The Morgan fingerprint density at radius 1 is 1.29 bits per heavy atom. The number of aromatic nitrogens is 3. The Morgan fingerprint density at radius 3 is 2.57 bits per heavy atom. The quantitative estimate of drug-likeness (QED) is 0.764. The summed E-state index contributed by atoms with van der Waals surface area (Å²) >= 11 is 3.35. The van der Waals surface area contributed by atoms with Gasteiger partial charge in [0.2, 0.25) is 11.9 Å². The number of aromatic amines is 1. The van der Waals surface area contributed by atoms with Gasteiger partial charge in [0.15, 0.2) is 0 Å². The maximum atomic E-state index is 5.38. The van der Waals surface area contributed by atoms with Gasteiger partial charge in [0.25, 0.3) is 0 Å². The monoisotopic (exact) mass is 253 g/mol. The Kier molecular flexibility index (Phi) is 2.36. The fourth-order valence-corrected chi connectivity index (χ4v) is 1.26. The molecule has 0 radical (unpaired) electrons. The van der Waals surface area contributed by atoms with Gasteiger partial charge in [-0.05, 0) is 24.3 Å². The fraction of sp³-hybridized carbons (Fsp3) is 0. The molecule has 14 heavy (non-hydrogen) atoms. The molecular formula is C8H8BrN5. The van der Waals surface area contributed by atoms with E-state index >= 15 is 0 Å². The van der Waals surface area contributed by atoms with Crippen LogP contribution in [0.25, 0.3) is 0 Å². The van der Waals surface area contributed by atoms with Crippen LogP contribution >= 0.6 is 15.9 Å². The van der Waals surface area contributed by atoms with Crippen LogP contribution in [-0.2, 0) is 0 Å². The first-order valence-corrected chi connectivity index (χ1v) is 4.74. The third kappa shape index (κ3) is 2.02. The molecule has 6 heteroatoms. The zero-order valence-electron chi connectivity index (χ0n) is 7.16. The van der Waals surface area contributed by atoms with Crippen molar-refractivity contribution in [2.45, 2.75) is 0 Å². The number of hydrogen-bond donors (Lipinski definition) is 3. The highest BCUT2D eigenvalue weighted by Crippen LogP contribution is 2.16. The van der Waals surface area contributed by atoms with E-state index in [0.29, 0.717) is 11.9 Å². The van der Waals surface area contributed by atoms with Crippen LogP contribution in [0.5, 0.6) is 0 Å². The summed E-state index contributed by atoms with van der Waals surface area (Å²) < 4.78 is 1.03. The average molecular weight is 254 g/mol. The molecule has 0 saturated heterocycles. The van der Waals surface area contributed by atoms with E-state index < -0.39 is 0 Å². The maximum Gasteiger partial charge on any atom is 0.248 e. The van der Waals surface area contributed by atoms with E-state index in [1.54, 1.807) is 0 Å². The highest BCUT2D eigenvalue weighted by atomic mass is 79.9. The number of halogens is 1. The minimum absolute atomic E-state index is 0.296. The molecule has 0 fully saturated rings. The first-order valence-electron chi connectivity index (χ1n) is 3.94. The van der Waals surface area contributed by atoms with Crippen molar-refractivity contribution in [3.63, 3.8) is 0 Å². The van der Waals surface area contributed by atoms with Crippen molar-refractivity contribution in [3.8, 4) is 0 Å². The highest BCUT2D eigenvalue weighted by molar-refractivity contribution is 9.10. The van der Waals surface area contributed by atoms with E-state index in [4.69, 9.17) is 5.73 Å². The van der Waals surface area contributed by atoms with Crippen LogP contribution in [0.1, 0.15) is 0 Å². The van der Waals surface area contributed by atoms with E-state index in [0.717, 1.165) is 10.2 Å². The topological polar surface area (TPSA) is 79.6 Å². The number of nitrogens with zero attached hydrogens (tertiary/aromatic N) is 2. The summed E-state index contributed by atoms with van der Waals surface area (Å²) in [7, 11) is 0. The second kappa shape index (κ2) is 3.67. The lowest BCUT2D eigenvalue weighted by molar-refractivity contribution is 1.10. The van der Waals surface area contributed by atoms with Crippen LogP contribution in [-0.4, -0.2) is 15.2 Å². The van der Waals surface area contributed by atoms with Gasteiger partial charge >= 0.3 is 0 Å². The van der Waals surface area contributed by atoms with Crippen molar-refractivity contribution < 1.29 is 0 Å². The predicted molar refractivity (Wildman–Crippen MR) is 58.2 cm³/mol. The molecule has 4 N–H and O–H groups in total. The second-order valence-corrected chi connectivity index (χ2v) is 3.59. The molecule has 0 saturated carbocycles. The lowest BCUT2D eigenvalue weighted by atomic mass is 10.3. The summed E-state index contributed by atoms with van der Waals surface area (Å²) in [4.78, 5) is 3.92. The van der Waals surface area contributed by atoms with E-state index in [2.05, 4.69) is 36.4 Å². The average Bonchev–Trinajstić information content (AvgIpc) is 2.56. The van der Waals surface area contributed by atoms with Crippen molar-refractivity contribution in [3.05, 3.63) is 28.7 Å². The third-order valence-electron chi connectivity index (χ3n) is 1.60. The standard InChI is InChI=1S/C8H8BrN5/c9-5-1-3-6(4-2-5)11-8-12-7(10)13-14-8/h1-4H,(H4,10,11,12,13,14). The van der Waals surface area contributed by atoms with Crippen LogP contribution in [0.15, 0.2) is 28.7 Å². The van der Waals surface area contributed by atoms with Gasteiger partial charge in [-0.15, -0.1) is 5.10 Å². The van der Waals surface area contributed by atoms with Crippen LogP contribution < -0.4 is 11.1 Å². The fourth-order valence-electron chi connectivity index (χ4n) is 0.993. The maximum absolute atomic E-state index is 5.38. The van der Waals surface area contributed by atoms with Crippen molar-refractivity contribution in [1.29, 1.82) is 0 Å². The normalized spacial score (nSPS) is 10.1. The van der Waals surface area contributed by atoms with Crippen LogP contribution in [0.3, 0.4) is 0 Å². The minimum atomic E-state index is 0.296. The summed E-state index contributed by atoms with van der Waals surface area (Å²) in [5, 5.41) is 9.39. The number of nitrogens with two attached hydrogens (primary N) is 1. The van der Waals surface area contributed by atoms with Crippen molar-refractivity contribution in [2.75, 3.05) is 11.1 Å². The van der Waals surface area contributed by atoms with Gasteiger partial charge in [-0.1, -0.05) is 15.9 Å². The van der Waals surface area contributed by atoms with E-state index in [1.807, 2.05) is 24.3 Å². The molecular weight excluding hydrogens is 246 g/mol. The van der Waals surface area contributed by atoms with Crippen molar-refractivity contribution >= 4 is 33.5 Å². The summed E-state index contributed by atoms with van der Waals surface area (Å²) in [6.45, 7) is 0. The molecule has 0 aliphatic heterocycles. The Labute approximate surface area is 88.9 Å². The molecule has 0 amide bonds. The number of benzene rings is 1. The SMILES string of the molecule is Nc1nc(Nc2ccc(Br)cc2)n[nH]1. The van der Waals surface area contributed by atoms with Gasteiger partial charge in [-0.25, -0.2) is 5.10 Å². The molecule has 1 aromatic carbocycles. The largest absolute Gasteiger partial charge is 0.368 e. The van der Waals surface area contributed by atoms with Gasteiger partial charge in [0.1, 0.15) is 0 Å². The molecule has 0 unspecified atom stereocenters. The molecule has 2 rings (SSSR count). The number of anilines is 3. The highest BCUT2D eigenvalue weighted by Gasteiger charge is 1.99. The molecule has 5 nitrogen and oxygen atoms in total. The Bertz CT molecular complexity index is 422. The summed E-state index contributed by atoms with van der Waals surface area (Å²) in [5.74, 6) is 0.759. The number of hydrogen-bond acceptors (Lipinski definition) is 4. The Balaban J connectivity index is 2.15. The summed E-state index contributed by atoms with van der Waals surface area (Å²) in [6.07, 6.45) is 0. The van der Waals surface area contributed by atoms with Crippen LogP contribution in [0.4, 0.5) is 17.6 Å². The molecule has 2 aromatic rings. The summed E-state index contributed by atoms with van der Waals surface area (Å²) in [5.41, 5.74) is 6.29. The number of rotatable bonds is 2. The zero-order valence-corrected chi connectivity index (χ0v) is 8.75. The molecule has 1 heterocycles. The molecule has 0 bridgehead atoms. The molecule has 0 atom stereocenters. The van der Waals surface area contributed by atoms with Gasteiger partial charge in [-0.2, -0.15) is 4.98 Å². The first-order chi connectivity index (χ1) is 6.74. The Morgan fingerprint density at radius 2 is 2.00 bits per heavy atom. The molecule has 0 aliphatic rings. The van der Waals surface area contributed by atoms with Gasteiger partial charge in [-0.3, -0.25) is 0 Å². The predicted octanol–water partition coefficient (Wildman–Crippen LogP) is 1.89. The third-order valence-corrected chi connectivity index (χ3v) is 2.13. The molecule has 72 valence electrons. The van der Waals surface area contributed by atoms with Crippen LogP contribution in [0.2, 0.25) is 0 Å². The van der Waals surface area contributed by atoms with E-state index in [1.165, 1.54) is 0 Å². The first kappa shape index (κ1) is 9.01. The van der Waals surface area contributed by atoms with Gasteiger partial charge < -0.3 is 11.1 Å². The van der Waals surface area contributed by atoms with Crippen LogP contribution in [0, 0.1) is 0 Å². The molecule has 0 aliphatic carbocycles. The lowest BCUT2D eigenvalue weighted by Gasteiger charge is -2.00. The number of nitrogens with one attached hydrogen (secondary N) is 2. The number of nitrogen functional groups attached to an aromatic ring is 1. The number of H-pyrrole nitrogens is 1. The molecule has 0 spiro atoms. The van der Waals surface area contributed by atoms with E-state index in [9.17, 15) is 0 Å². The van der Waals surface area contributed by atoms with Gasteiger partial charge in [0.05, 0.1) is 0 Å². The molecule has 1 aromatic heterocycles. The van der Waals surface area contributed by atoms with Crippen molar-refractivity contribution in [1.82, 2.24) is 15.2 Å². The Hall–Kier alpha value is -1.56. The minimum Gasteiger partial charge on any atom is -0.368 e. The lowest BCUT2D eigenvalue weighted by Crippen LogP contribution is -1.92. The summed E-state index contributed by atoms with van der Waals surface area (Å²) in [6, 6.07) is 7.68. The smallest absolute Gasteiger partial charge is 0.248 e. The van der Waals surface area contributed by atoms with Gasteiger partial charge in [0, 0.05) is 10.2 Å².